The Hall–Kier alpha value is -3.86. The van der Waals surface area contributed by atoms with Crippen molar-refractivity contribution in [2.45, 2.75) is 4.90 Å². The molecule has 0 bridgehead atoms. The number of benzene rings is 1. The van der Waals surface area contributed by atoms with Crippen molar-refractivity contribution in [3.05, 3.63) is 77.4 Å². The maximum absolute atomic E-state index is 13.5. The Morgan fingerprint density at radius 1 is 1.10 bits per heavy atom. The van der Waals surface area contributed by atoms with E-state index >= 15 is 0 Å². The molecule has 1 aromatic carbocycles. The van der Waals surface area contributed by atoms with Gasteiger partial charge in [0.15, 0.2) is 5.65 Å². The van der Waals surface area contributed by atoms with Gasteiger partial charge in [0.1, 0.15) is 11.5 Å². The third-order valence-corrected chi connectivity index (χ3v) is 5.53. The van der Waals surface area contributed by atoms with Crippen molar-refractivity contribution in [2.24, 2.45) is 0 Å². The summed E-state index contributed by atoms with van der Waals surface area (Å²) in [5.41, 5.74) is 0.876. The zero-order valence-electron chi connectivity index (χ0n) is 15.5. The van der Waals surface area contributed by atoms with Crippen molar-refractivity contribution in [3.63, 3.8) is 0 Å². The second-order valence-electron chi connectivity index (χ2n) is 6.13. The minimum absolute atomic E-state index is 0.0124. The summed E-state index contributed by atoms with van der Waals surface area (Å²) in [6.45, 7) is 0. The highest BCUT2D eigenvalue weighted by Crippen LogP contribution is 2.29. The van der Waals surface area contributed by atoms with Crippen LogP contribution < -0.4 is 15.0 Å². The highest BCUT2D eigenvalue weighted by Gasteiger charge is 2.19. The average molecular weight is 427 g/mol. The van der Waals surface area contributed by atoms with E-state index in [9.17, 15) is 17.6 Å². The predicted molar refractivity (Wildman–Crippen MR) is 106 cm³/mol. The van der Waals surface area contributed by atoms with E-state index < -0.39 is 15.8 Å². The normalized spacial score (nSPS) is 11.4. The van der Waals surface area contributed by atoms with Crippen LogP contribution in [0.5, 0.6) is 5.88 Å². The summed E-state index contributed by atoms with van der Waals surface area (Å²) >= 11 is 0. The second-order valence-corrected chi connectivity index (χ2v) is 7.81. The molecule has 30 heavy (non-hydrogen) atoms. The van der Waals surface area contributed by atoms with Gasteiger partial charge in [-0.3, -0.25) is 18.9 Å². The van der Waals surface area contributed by atoms with Gasteiger partial charge < -0.3 is 4.74 Å². The number of pyridine rings is 1. The molecule has 0 saturated heterocycles. The topological polar surface area (TPSA) is 116 Å². The number of methoxy groups -OCH3 is 1. The summed E-state index contributed by atoms with van der Waals surface area (Å²) < 4.78 is 47.6. The maximum Gasteiger partial charge on any atom is 0.262 e. The molecule has 0 saturated carbocycles. The summed E-state index contributed by atoms with van der Waals surface area (Å²) in [6.07, 6.45) is 5.69. The number of halogens is 1. The van der Waals surface area contributed by atoms with Gasteiger partial charge in [0.25, 0.3) is 15.6 Å². The maximum atomic E-state index is 13.5. The minimum atomic E-state index is -4.10. The van der Waals surface area contributed by atoms with Crippen molar-refractivity contribution in [1.29, 1.82) is 0 Å². The Labute approximate surface area is 169 Å². The smallest absolute Gasteiger partial charge is 0.262 e. The molecule has 0 amide bonds. The molecule has 3 aromatic heterocycles. The van der Waals surface area contributed by atoms with Crippen LogP contribution >= 0.6 is 0 Å². The van der Waals surface area contributed by atoms with Crippen molar-refractivity contribution >= 4 is 21.4 Å². The molecular formula is C19H14FN5O4S. The first-order chi connectivity index (χ1) is 14.4. The molecule has 3 heterocycles. The molecule has 0 spiro atoms. The van der Waals surface area contributed by atoms with E-state index in [1.807, 2.05) is 0 Å². The van der Waals surface area contributed by atoms with Crippen LogP contribution in [-0.2, 0) is 10.0 Å². The number of sulfonamides is 1. The summed E-state index contributed by atoms with van der Waals surface area (Å²) in [5, 5.41) is 0. The molecular weight excluding hydrogens is 413 g/mol. The van der Waals surface area contributed by atoms with Crippen LogP contribution in [-0.4, -0.2) is 34.9 Å². The number of rotatable bonds is 5. The average Bonchev–Trinajstić information content (AvgIpc) is 2.73. The Bertz CT molecular complexity index is 1420. The molecule has 152 valence electrons. The van der Waals surface area contributed by atoms with Gasteiger partial charge in [0, 0.05) is 30.2 Å². The second kappa shape index (κ2) is 7.52. The van der Waals surface area contributed by atoms with Crippen molar-refractivity contribution in [3.8, 4) is 17.1 Å². The highest BCUT2D eigenvalue weighted by molar-refractivity contribution is 7.92. The first kappa shape index (κ1) is 19.5. The molecule has 0 aliphatic heterocycles. The first-order valence-electron chi connectivity index (χ1n) is 8.53. The van der Waals surface area contributed by atoms with Crippen LogP contribution in [0.3, 0.4) is 0 Å². The van der Waals surface area contributed by atoms with Crippen LogP contribution in [0.15, 0.2) is 70.9 Å². The van der Waals surface area contributed by atoms with Crippen molar-refractivity contribution in [2.75, 3.05) is 11.8 Å². The molecule has 4 rings (SSSR count). The van der Waals surface area contributed by atoms with Gasteiger partial charge in [-0.15, -0.1) is 0 Å². The molecule has 0 fully saturated rings. The number of aromatic nitrogens is 4. The van der Waals surface area contributed by atoms with E-state index in [1.54, 1.807) is 0 Å². The zero-order chi connectivity index (χ0) is 21.3. The van der Waals surface area contributed by atoms with Crippen molar-refractivity contribution in [1.82, 2.24) is 19.4 Å². The first-order valence-corrected chi connectivity index (χ1v) is 10.0. The summed E-state index contributed by atoms with van der Waals surface area (Å²) in [4.78, 5) is 24.2. The van der Waals surface area contributed by atoms with Crippen molar-refractivity contribution < 1.29 is 17.5 Å². The third kappa shape index (κ3) is 3.70. The molecule has 0 unspecified atom stereocenters. The van der Waals surface area contributed by atoms with Gasteiger partial charge >= 0.3 is 0 Å². The predicted octanol–water partition coefficient (Wildman–Crippen LogP) is 2.10. The quantitative estimate of drug-likeness (QED) is 0.519. The number of fused-ring (bicyclic) bond motifs is 1. The Morgan fingerprint density at radius 3 is 2.70 bits per heavy atom. The van der Waals surface area contributed by atoms with Crippen LogP contribution in [0.1, 0.15) is 0 Å². The van der Waals surface area contributed by atoms with E-state index in [0.717, 1.165) is 12.1 Å². The van der Waals surface area contributed by atoms with E-state index in [-0.39, 0.29) is 22.0 Å². The molecule has 11 heteroatoms. The fourth-order valence-electron chi connectivity index (χ4n) is 2.76. The van der Waals surface area contributed by atoms with Crippen LogP contribution in [0.2, 0.25) is 0 Å². The van der Waals surface area contributed by atoms with E-state index in [0.29, 0.717) is 16.9 Å². The molecule has 0 aliphatic carbocycles. The van der Waals surface area contributed by atoms with Crippen LogP contribution in [0.25, 0.3) is 16.9 Å². The molecule has 0 atom stereocenters. The lowest BCUT2D eigenvalue weighted by Crippen LogP contribution is -2.15. The van der Waals surface area contributed by atoms with Gasteiger partial charge in [0.05, 0.1) is 23.9 Å². The number of nitrogens with zero attached hydrogens (tertiary/aromatic N) is 4. The lowest BCUT2D eigenvalue weighted by molar-refractivity contribution is 0.400. The van der Waals surface area contributed by atoms with Gasteiger partial charge in [0.2, 0.25) is 5.88 Å². The fourth-order valence-corrected chi connectivity index (χ4v) is 3.84. The van der Waals surface area contributed by atoms with Gasteiger partial charge in [-0.2, -0.15) is 0 Å². The van der Waals surface area contributed by atoms with Crippen LogP contribution in [0.4, 0.5) is 10.1 Å². The standard InChI is InChI=1S/C19H14FN5O4S/c1-29-19-15(24-30(27,28)14-4-2-3-13(20)8-14)7-12(9-23-19)16-11-25-17(10-22-16)21-6-5-18(25)26/h2-11,24H,1H3. The number of nitrogens with one attached hydrogen (secondary N) is 1. The largest absolute Gasteiger partial charge is 0.480 e. The number of anilines is 1. The number of hydrogen-bond acceptors (Lipinski definition) is 7. The lowest BCUT2D eigenvalue weighted by atomic mass is 10.2. The highest BCUT2D eigenvalue weighted by atomic mass is 32.2. The summed E-state index contributed by atoms with van der Waals surface area (Å²) in [6, 6.07) is 7.36. The molecule has 4 aromatic rings. The Kier molecular flexibility index (Phi) is 4.88. The zero-order valence-corrected chi connectivity index (χ0v) is 16.3. The van der Waals surface area contributed by atoms with E-state index in [1.165, 1.54) is 60.6 Å². The lowest BCUT2D eigenvalue weighted by Gasteiger charge is -2.13. The Balaban J connectivity index is 1.78. The van der Waals surface area contributed by atoms with Gasteiger partial charge in [-0.05, 0) is 24.3 Å². The number of ether oxygens (including phenoxy) is 1. The molecule has 1 N–H and O–H groups in total. The molecule has 9 nitrogen and oxygen atoms in total. The van der Waals surface area contributed by atoms with E-state index in [2.05, 4.69) is 19.7 Å². The molecule has 0 aliphatic rings. The van der Waals surface area contributed by atoms with E-state index in [4.69, 9.17) is 4.74 Å². The summed E-state index contributed by atoms with van der Waals surface area (Å²) in [5.74, 6) is -0.672. The number of hydrogen-bond donors (Lipinski definition) is 1. The van der Waals surface area contributed by atoms with Gasteiger partial charge in [-0.1, -0.05) is 6.07 Å². The third-order valence-electron chi connectivity index (χ3n) is 4.17. The Morgan fingerprint density at radius 2 is 1.93 bits per heavy atom. The summed E-state index contributed by atoms with van der Waals surface area (Å²) in [7, 11) is -2.77. The minimum Gasteiger partial charge on any atom is -0.480 e. The monoisotopic (exact) mass is 427 g/mol. The molecule has 0 radical (unpaired) electrons. The van der Waals surface area contributed by atoms with Crippen LogP contribution in [0, 0.1) is 5.82 Å². The fraction of sp³-hybridized carbons (Fsp3) is 0.0526. The van der Waals surface area contributed by atoms with Gasteiger partial charge in [-0.25, -0.2) is 22.8 Å². The SMILES string of the molecule is COc1ncc(-c2cn3c(=O)ccnc3cn2)cc1NS(=O)(=O)c1cccc(F)c1.